The minimum absolute atomic E-state index is 0.271. The van der Waals surface area contributed by atoms with E-state index in [0.29, 0.717) is 17.5 Å². The predicted octanol–water partition coefficient (Wildman–Crippen LogP) is 3.97. The average Bonchev–Trinajstić information content (AvgIpc) is 3.34. The molecule has 182 valence electrons. The molecule has 1 saturated heterocycles. The average molecular weight is 491 g/mol. The highest BCUT2D eigenvalue weighted by molar-refractivity contribution is 7.64. The van der Waals surface area contributed by atoms with E-state index >= 15 is 0 Å². The summed E-state index contributed by atoms with van der Waals surface area (Å²) >= 11 is 0. The standard InChI is InChI=1S/C25H31N8OP/c1-32-13-15-33(16-14-32)21-10-9-19(24(29-21)34-2)28-25-30-22-17(11-12-26-22)23(31-25)27-18-7-5-6-8-20(18)35(3)4/h5-12H,13-16H2,1-4H3,(H3,26,27,28,30,31). The summed E-state index contributed by atoms with van der Waals surface area (Å²) in [4.78, 5) is 22.1. The number of hydrogen-bond acceptors (Lipinski definition) is 8. The summed E-state index contributed by atoms with van der Waals surface area (Å²) in [7, 11) is 3.51. The second-order valence-electron chi connectivity index (χ2n) is 8.81. The first-order valence-corrected chi connectivity index (χ1v) is 13.9. The van der Waals surface area contributed by atoms with Gasteiger partial charge in [-0.2, -0.15) is 15.0 Å². The summed E-state index contributed by atoms with van der Waals surface area (Å²) in [6.07, 6.45) is 1.87. The number of H-pyrrole nitrogens is 1. The topological polar surface area (TPSA) is 94.2 Å². The molecule has 35 heavy (non-hydrogen) atoms. The monoisotopic (exact) mass is 490 g/mol. The third kappa shape index (κ3) is 5.01. The van der Waals surface area contributed by atoms with E-state index in [2.05, 4.69) is 69.0 Å². The number of ether oxygens (including phenoxy) is 1. The molecule has 0 spiro atoms. The van der Waals surface area contributed by atoms with E-state index in [4.69, 9.17) is 14.7 Å². The van der Waals surface area contributed by atoms with Crippen LogP contribution in [0.4, 0.5) is 29.0 Å². The molecule has 0 bridgehead atoms. The fourth-order valence-corrected chi connectivity index (χ4v) is 5.20. The van der Waals surface area contributed by atoms with E-state index in [1.807, 2.05) is 30.5 Å². The van der Waals surface area contributed by atoms with E-state index in [0.717, 1.165) is 54.5 Å². The lowest BCUT2D eigenvalue weighted by atomic mass is 10.3. The van der Waals surface area contributed by atoms with E-state index < -0.39 is 0 Å². The highest BCUT2D eigenvalue weighted by atomic mass is 31.1. The van der Waals surface area contributed by atoms with Gasteiger partial charge < -0.3 is 30.2 Å². The van der Waals surface area contributed by atoms with Crippen molar-refractivity contribution in [2.75, 3.05) is 69.2 Å². The summed E-state index contributed by atoms with van der Waals surface area (Å²) in [5.74, 6) is 2.63. The molecule has 0 atom stereocenters. The fraction of sp³-hybridized carbons (Fsp3) is 0.320. The maximum atomic E-state index is 5.62. The molecule has 3 N–H and O–H groups in total. The van der Waals surface area contributed by atoms with Crippen molar-refractivity contribution in [2.45, 2.75) is 0 Å². The van der Waals surface area contributed by atoms with Crippen molar-refractivity contribution in [2.24, 2.45) is 0 Å². The number of benzene rings is 1. The number of para-hydroxylation sites is 1. The number of nitrogens with zero attached hydrogens (tertiary/aromatic N) is 5. The van der Waals surface area contributed by atoms with Crippen molar-refractivity contribution in [3.05, 3.63) is 48.7 Å². The Morgan fingerprint density at radius 1 is 0.914 bits per heavy atom. The number of nitrogens with one attached hydrogen (secondary N) is 3. The van der Waals surface area contributed by atoms with Crippen molar-refractivity contribution in [1.29, 1.82) is 0 Å². The summed E-state index contributed by atoms with van der Waals surface area (Å²) < 4.78 is 5.62. The van der Waals surface area contributed by atoms with Crippen molar-refractivity contribution in [1.82, 2.24) is 24.8 Å². The number of piperazine rings is 1. The zero-order valence-corrected chi connectivity index (χ0v) is 21.4. The SMILES string of the molecule is COc1nc(N2CCN(C)CC2)ccc1Nc1nc(Nc2ccccc2P(C)C)c2cc[nH]c2n1. The van der Waals surface area contributed by atoms with Crippen LogP contribution in [0.25, 0.3) is 11.0 Å². The number of fused-ring (bicyclic) bond motifs is 1. The summed E-state index contributed by atoms with van der Waals surface area (Å²) in [5.41, 5.74) is 2.53. The van der Waals surface area contributed by atoms with Gasteiger partial charge in [0.05, 0.1) is 12.5 Å². The van der Waals surface area contributed by atoms with Gasteiger partial charge >= 0.3 is 0 Å². The van der Waals surface area contributed by atoms with Crippen LogP contribution >= 0.6 is 7.92 Å². The zero-order valence-electron chi connectivity index (χ0n) is 20.5. The second kappa shape index (κ2) is 10.1. The Labute approximate surface area is 206 Å². The van der Waals surface area contributed by atoms with Crippen molar-refractivity contribution >= 4 is 53.2 Å². The third-order valence-electron chi connectivity index (χ3n) is 6.17. The van der Waals surface area contributed by atoms with Crippen LogP contribution in [0.15, 0.2) is 48.7 Å². The molecule has 1 aliphatic rings. The van der Waals surface area contributed by atoms with Gasteiger partial charge in [0.1, 0.15) is 23.0 Å². The number of likely N-dealkylation sites (N-methyl/N-ethyl adjacent to an activating group) is 1. The number of hydrogen-bond donors (Lipinski definition) is 3. The molecule has 4 aromatic rings. The second-order valence-corrected chi connectivity index (χ2v) is 11.1. The molecule has 4 heterocycles. The van der Waals surface area contributed by atoms with Gasteiger partial charge in [-0.1, -0.05) is 26.1 Å². The van der Waals surface area contributed by atoms with Crippen LogP contribution in [0.5, 0.6) is 5.88 Å². The summed E-state index contributed by atoms with van der Waals surface area (Å²) in [5, 5.41) is 9.08. The molecule has 0 aliphatic carbocycles. The Hall–Kier alpha value is -3.42. The first-order valence-electron chi connectivity index (χ1n) is 11.7. The van der Waals surface area contributed by atoms with Gasteiger partial charge in [-0.25, -0.2) is 0 Å². The number of methoxy groups -OCH3 is 1. The normalized spacial score (nSPS) is 14.5. The van der Waals surface area contributed by atoms with Gasteiger partial charge in [0.15, 0.2) is 0 Å². The molecular weight excluding hydrogens is 459 g/mol. The molecule has 0 unspecified atom stereocenters. The maximum Gasteiger partial charge on any atom is 0.239 e. The molecule has 1 aliphatic heterocycles. The molecule has 0 radical (unpaired) electrons. The van der Waals surface area contributed by atoms with Crippen LogP contribution in [0, 0.1) is 0 Å². The molecular formula is C25H31N8OP. The van der Waals surface area contributed by atoms with Gasteiger partial charge in [0, 0.05) is 38.1 Å². The minimum Gasteiger partial charge on any atom is -0.479 e. The van der Waals surface area contributed by atoms with Crippen LogP contribution in [-0.2, 0) is 0 Å². The molecule has 1 aromatic carbocycles. The van der Waals surface area contributed by atoms with Crippen molar-refractivity contribution in [3.8, 4) is 5.88 Å². The number of pyridine rings is 1. The zero-order chi connectivity index (χ0) is 24.4. The van der Waals surface area contributed by atoms with Crippen LogP contribution in [0.1, 0.15) is 0 Å². The van der Waals surface area contributed by atoms with Gasteiger partial charge in [-0.15, -0.1) is 0 Å². The molecule has 10 heteroatoms. The van der Waals surface area contributed by atoms with Crippen LogP contribution in [0.2, 0.25) is 0 Å². The number of anilines is 5. The van der Waals surface area contributed by atoms with Gasteiger partial charge in [-0.3, -0.25) is 0 Å². The third-order valence-corrected chi connectivity index (χ3v) is 7.52. The van der Waals surface area contributed by atoms with Gasteiger partial charge in [-0.05, 0) is 49.9 Å². The van der Waals surface area contributed by atoms with E-state index in [1.54, 1.807) is 7.11 Å². The van der Waals surface area contributed by atoms with Gasteiger partial charge in [0.25, 0.3) is 0 Å². The molecule has 1 fully saturated rings. The van der Waals surface area contributed by atoms with E-state index in [1.165, 1.54) is 5.30 Å². The van der Waals surface area contributed by atoms with E-state index in [-0.39, 0.29) is 7.92 Å². The van der Waals surface area contributed by atoms with Crippen LogP contribution < -0.4 is 25.6 Å². The lowest BCUT2D eigenvalue weighted by Crippen LogP contribution is -2.44. The summed E-state index contributed by atoms with van der Waals surface area (Å²) in [6.45, 7) is 8.43. The molecule has 5 rings (SSSR count). The van der Waals surface area contributed by atoms with Gasteiger partial charge in [0.2, 0.25) is 11.8 Å². The van der Waals surface area contributed by atoms with Crippen LogP contribution in [-0.4, -0.2) is 78.5 Å². The Morgan fingerprint density at radius 3 is 2.49 bits per heavy atom. The fourth-order valence-electron chi connectivity index (χ4n) is 4.20. The Kier molecular flexibility index (Phi) is 6.70. The predicted molar refractivity (Wildman–Crippen MR) is 146 cm³/mol. The molecule has 9 nitrogen and oxygen atoms in total. The van der Waals surface area contributed by atoms with Crippen molar-refractivity contribution in [3.63, 3.8) is 0 Å². The number of rotatable bonds is 7. The Morgan fingerprint density at radius 2 is 1.71 bits per heavy atom. The molecule has 0 amide bonds. The Balaban J connectivity index is 1.44. The lowest BCUT2D eigenvalue weighted by Gasteiger charge is -2.33. The quantitative estimate of drug-likeness (QED) is 0.335. The number of aromatic amines is 1. The first kappa shape index (κ1) is 23.3. The Bertz CT molecular complexity index is 1320. The molecule has 3 aromatic heterocycles. The first-order chi connectivity index (χ1) is 17.0. The minimum atomic E-state index is -0.271. The van der Waals surface area contributed by atoms with Crippen molar-refractivity contribution < 1.29 is 4.74 Å². The lowest BCUT2D eigenvalue weighted by molar-refractivity contribution is 0.311. The highest BCUT2D eigenvalue weighted by Crippen LogP contribution is 2.33. The van der Waals surface area contributed by atoms with E-state index in [9.17, 15) is 0 Å². The smallest absolute Gasteiger partial charge is 0.239 e. The number of aromatic nitrogens is 4. The summed E-state index contributed by atoms with van der Waals surface area (Å²) in [6, 6.07) is 14.4. The van der Waals surface area contributed by atoms with Crippen LogP contribution in [0.3, 0.4) is 0 Å². The largest absolute Gasteiger partial charge is 0.479 e. The maximum absolute atomic E-state index is 5.62. The highest BCUT2D eigenvalue weighted by Gasteiger charge is 2.18. The molecule has 0 saturated carbocycles.